The highest BCUT2D eigenvalue weighted by Gasteiger charge is 2.46. The van der Waals surface area contributed by atoms with Crippen molar-refractivity contribution in [3.05, 3.63) is 108 Å². The molecule has 71 heavy (non-hydrogen) atoms. The van der Waals surface area contributed by atoms with E-state index in [1.807, 2.05) is 26.0 Å². The van der Waals surface area contributed by atoms with Crippen LogP contribution in [0.1, 0.15) is 111 Å². The van der Waals surface area contributed by atoms with E-state index in [-0.39, 0.29) is 70.7 Å². The molecule has 4 rings (SSSR count). The second-order valence-corrected chi connectivity index (χ2v) is 20.5. The lowest BCUT2D eigenvalue weighted by Crippen LogP contribution is -2.62. The quantitative estimate of drug-likeness (QED) is 0.0357. The van der Waals surface area contributed by atoms with Crippen molar-refractivity contribution < 1.29 is 57.7 Å². The second kappa shape index (κ2) is 26.4. The van der Waals surface area contributed by atoms with Crippen LogP contribution in [0.5, 0.6) is 0 Å². The molecule has 1 heterocycles. The van der Waals surface area contributed by atoms with Crippen LogP contribution in [0.25, 0.3) is 0 Å². The first-order valence-electron chi connectivity index (χ1n) is 24.4. The number of Topliss-reactive ketones (excluding diaryl/α,β-unsaturated/α-hetero) is 2. The summed E-state index contributed by atoms with van der Waals surface area (Å²) in [4.78, 5) is 112. The number of carbonyl (C=O) groups is 8. The molecule has 0 radical (unpaired) electrons. The van der Waals surface area contributed by atoms with Crippen molar-refractivity contribution >= 4 is 47.6 Å². The van der Waals surface area contributed by atoms with E-state index in [0.29, 0.717) is 24.0 Å². The number of carbonyl (C=O) groups excluding carboxylic acids is 7. The van der Waals surface area contributed by atoms with Gasteiger partial charge in [0.05, 0.1) is 17.9 Å². The summed E-state index contributed by atoms with van der Waals surface area (Å²) in [6.45, 7) is 13.8. The highest BCUT2D eigenvalue weighted by molar-refractivity contribution is 6.13. The fourth-order valence-corrected chi connectivity index (χ4v) is 8.21. The largest absolute Gasteiger partial charge is 0.480 e. The summed E-state index contributed by atoms with van der Waals surface area (Å²) < 4.78 is 16.2. The van der Waals surface area contributed by atoms with E-state index in [2.05, 4.69) is 21.3 Å². The molecule has 1 fully saturated rings. The predicted octanol–water partition coefficient (Wildman–Crippen LogP) is 7.33. The zero-order valence-corrected chi connectivity index (χ0v) is 42.4. The van der Waals surface area contributed by atoms with E-state index in [4.69, 9.17) is 14.2 Å². The number of ether oxygens (including phenoxy) is 3. The smallest absolute Gasteiger partial charge is 0.408 e. The summed E-state index contributed by atoms with van der Waals surface area (Å²) in [6.07, 6.45) is -2.01. The van der Waals surface area contributed by atoms with Crippen LogP contribution >= 0.6 is 0 Å². The average Bonchev–Trinajstić information content (AvgIpc) is 3.30. The Hall–Kier alpha value is -6.78. The number of aliphatic carboxylic acids is 1. The highest BCUT2D eigenvalue weighted by Crippen LogP contribution is 2.27. The Balaban J connectivity index is 1.64. The molecule has 1 aliphatic rings. The third-order valence-electron chi connectivity index (χ3n) is 11.7. The zero-order valence-electron chi connectivity index (χ0n) is 42.4. The monoisotopic (exact) mass is 984 g/mol. The molecule has 17 nitrogen and oxygen atoms in total. The van der Waals surface area contributed by atoms with E-state index in [0.717, 1.165) is 5.56 Å². The maximum atomic E-state index is 15.2. The van der Waals surface area contributed by atoms with Gasteiger partial charge in [0.2, 0.25) is 11.8 Å². The summed E-state index contributed by atoms with van der Waals surface area (Å²) in [7, 11) is 0. The van der Waals surface area contributed by atoms with Gasteiger partial charge in [-0.2, -0.15) is 0 Å². The highest BCUT2D eigenvalue weighted by atomic mass is 16.6. The number of amides is 5. The number of ketones is 2. The Labute approximate surface area is 417 Å². The lowest BCUT2D eigenvalue weighted by atomic mass is 9.78. The van der Waals surface area contributed by atoms with Gasteiger partial charge >= 0.3 is 24.2 Å². The lowest BCUT2D eigenvalue weighted by molar-refractivity contribution is -0.150. The van der Waals surface area contributed by atoms with Crippen molar-refractivity contribution in [2.45, 2.75) is 142 Å². The number of nitrogens with one attached hydrogen (secondary N) is 4. The Bertz CT molecular complexity index is 2250. The molecule has 1 aliphatic heterocycles. The van der Waals surface area contributed by atoms with Crippen molar-refractivity contribution in [1.29, 1.82) is 0 Å². The third kappa shape index (κ3) is 19.2. The first kappa shape index (κ1) is 56.8. The van der Waals surface area contributed by atoms with E-state index in [1.54, 1.807) is 120 Å². The van der Waals surface area contributed by atoms with Gasteiger partial charge in [-0.05, 0) is 116 Å². The lowest BCUT2D eigenvalue weighted by Gasteiger charge is -2.40. The minimum Gasteiger partial charge on any atom is -0.480 e. The minimum atomic E-state index is -1.73. The Kier molecular flexibility index (Phi) is 21.1. The van der Waals surface area contributed by atoms with Gasteiger partial charge in [0.1, 0.15) is 29.4 Å². The molecular weight excluding hydrogens is 911 g/mol. The van der Waals surface area contributed by atoms with Crippen molar-refractivity contribution in [3.63, 3.8) is 0 Å². The van der Waals surface area contributed by atoms with Crippen LogP contribution in [-0.4, -0.2) is 106 Å². The van der Waals surface area contributed by atoms with Crippen LogP contribution in [0.15, 0.2) is 91.0 Å². The maximum Gasteiger partial charge on any atom is 0.408 e. The molecule has 0 bridgehead atoms. The zero-order chi connectivity index (χ0) is 52.4. The van der Waals surface area contributed by atoms with Crippen molar-refractivity contribution in [3.8, 4) is 0 Å². The minimum absolute atomic E-state index is 0.0149. The summed E-state index contributed by atoms with van der Waals surface area (Å²) in [5.74, 6) is -7.00. The topological polar surface area (TPSA) is 236 Å². The second-order valence-electron chi connectivity index (χ2n) is 20.5. The van der Waals surface area contributed by atoms with Gasteiger partial charge in [0.25, 0.3) is 0 Å². The van der Waals surface area contributed by atoms with Gasteiger partial charge in [-0.1, -0.05) is 105 Å². The number of rotatable bonds is 23. The Morgan fingerprint density at radius 2 is 1.15 bits per heavy atom. The predicted molar refractivity (Wildman–Crippen MR) is 266 cm³/mol. The Morgan fingerprint density at radius 1 is 0.634 bits per heavy atom. The average molecular weight is 984 g/mol. The number of hydrogen-bond acceptors (Lipinski definition) is 11. The molecule has 0 unspecified atom stereocenters. The summed E-state index contributed by atoms with van der Waals surface area (Å²) in [5.41, 5.74) is -1.26. The van der Waals surface area contributed by atoms with Crippen molar-refractivity contribution in [2.75, 3.05) is 19.6 Å². The summed E-state index contributed by atoms with van der Waals surface area (Å²) >= 11 is 0. The first-order valence-corrected chi connectivity index (χ1v) is 24.4. The van der Waals surface area contributed by atoms with Crippen LogP contribution in [0, 0.1) is 17.8 Å². The molecule has 1 saturated heterocycles. The normalized spacial score (nSPS) is 15.2. The van der Waals surface area contributed by atoms with E-state index in [1.165, 1.54) is 4.90 Å². The number of likely N-dealkylation sites (tertiary alicyclic amines) is 1. The molecular formula is C54H73N5O12. The third-order valence-corrected chi connectivity index (χ3v) is 11.7. The number of carboxylic acids is 1. The molecule has 4 atom stereocenters. The molecule has 0 aromatic heterocycles. The number of hydrogen-bond donors (Lipinski definition) is 5. The fourth-order valence-electron chi connectivity index (χ4n) is 8.21. The standard InChI is InChI=1S/C54H73N5O12/c1-36(2)32-41(44(60)40(33-37-20-12-9-13-21-37)45(61)43(34-38-22-14-10-15-23-38)57-50(67)69-35-39-24-16-11-17-25-39)46(62)56-42(26-18-19-29-55-49(66)70-52(3,4)5)47(63)59-30-27-54(28-31-59,48(64)65)58-51(68)71-53(6,7)8/h9-17,20-25,36,40-43H,18-19,26-35H2,1-8H3,(H,55,66)(H,56,62)(H,57,67)(H,58,68)(H,64,65)/t40-,41-,42-,43-/m1/s1. The summed E-state index contributed by atoms with van der Waals surface area (Å²) in [5, 5.41) is 21.0. The number of benzene rings is 3. The number of nitrogens with zero attached hydrogens (tertiary/aromatic N) is 1. The number of unbranched alkanes of at least 4 members (excludes halogenated alkanes) is 1. The SMILES string of the molecule is CC(C)C[C@@H](C(=O)N[C@H](CCCCNC(=O)OC(C)(C)C)C(=O)N1CCC(NC(=O)OC(C)(C)C)(C(=O)O)CC1)C(=O)[C@@H](Cc1ccccc1)C(=O)[C@@H](Cc1ccccc1)NC(=O)OCc1ccccc1. The molecule has 5 N–H and O–H groups in total. The molecule has 386 valence electrons. The van der Waals surface area contributed by atoms with E-state index >= 15 is 9.59 Å². The number of alkyl carbamates (subject to hydrolysis) is 3. The van der Waals surface area contributed by atoms with Crippen LogP contribution < -0.4 is 21.3 Å². The summed E-state index contributed by atoms with van der Waals surface area (Å²) in [6, 6.07) is 24.5. The van der Waals surface area contributed by atoms with Gasteiger partial charge < -0.3 is 45.5 Å². The van der Waals surface area contributed by atoms with Crippen LogP contribution in [0.2, 0.25) is 0 Å². The molecule has 0 spiro atoms. The van der Waals surface area contributed by atoms with Crippen LogP contribution in [0.3, 0.4) is 0 Å². The maximum absolute atomic E-state index is 15.2. The van der Waals surface area contributed by atoms with Gasteiger partial charge in [0.15, 0.2) is 11.6 Å². The fraction of sp³-hybridized carbons (Fsp3) is 0.519. The van der Waals surface area contributed by atoms with Crippen molar-refractivity contribution in [1.82, 2.24) is 26.2 Å². The van der Waals surface area contributed by atoms with Gasteiger partial charge in [-0.3, -0.25) is 19.2 Å². The van der Waals surface area contributed by atoms with Crippen LogP contribution in [0.4, 0.5) is 14.4 Å². The molecule has 0 aliphatic carbocycles. The van der Waals surface area contributed by atoms with Crippen molar-refractivity contribution in [2.24, 2.45) is 17.8 Å². The molecule has 0 saturated carbocycles. The number of piperidine rings is 1. The van der Waals surface area contributed by atoms with E-state index < -0.39 is 88.3 Å². The Morgan fingerprint density at radius 3 is 1.68 bits per heavy atom. The van der Waals surface area contributed by atoms with Gasteiger partial charge in [-0.15, -0.1) is 0 Å². The molecule has 5 amide bonds. The first-order chi connectivity index (χ1) is 33.4. The molecule has 17 heteroatoms. The van der Waals surface area contributed by atoms with Gasteiger partial charge in [0, 0.05) is 19.6 Å². The number of carboxylic acid groups (broad SMARTS) is 1. The van der Waals surface area contributed by atoms with E-state index in [9.17, 15) is 33.9 Å². The van der Waals surface area contributed by atoms with Gasteiger partial charge in [-0.25, -0.2) is 19.2 Å². The van der Waals surface area contributed by atoms with Crippen LogP contribution in [-0.2, 0) is 57.6 Å². The molecule has 3 aromatic carbocycles. The molecule has 3 aromatic rings.